The number of nitrogens with zero attached hydrogens (tertiary/aromatic N) is 2. The van der Waals surface area contributed by atoms with Crippen LogP contribution in [-0.2, 0) is 10.1 Å². The van der Waals surface area contributed by atoms with E-state index in [0.29, 0.717) is 46.4 Å². The Kier molecular flexibility index (Phi) is 5.08. The molecule has 2 N–H and O–H groups in total. The molecule has 0 spiro atoms. The highest BCUT2D eigenvalue weighted by Gasteiger charge is 2.17. The molecule has 0 saturated heterocycles. The molecule has 8 nitrogen and oxygen atoms in total. The van der Waals surface area contributed by atoms with E-state index in [4.69, 9.17) is 8.97 Å². The standard InChI is InChI=1S/C21H20N2O6S/c1-2-23(8-3-9-30(26,27)28)13-4-7-17-19(10-13)29-20-12-18(25)16-11-14(24)5-6-15(16)21(20)22-17/h4-7,10-12,24H,2-3,8-9H2,1H3,(H,26,27,28). The van der Waals surface area contributed by atoms with Crippen LogP contribution in [0.15, 0.2) is 51.7 Å². The zero-order valence-corrected chi connectivity index (χ0v) is 17.0. The van der Waals surface area contributed by atoms with Crippen LogP contribution in [0.3, 0.4) is 0 Å². The molecule has 1 aliphatic carbocycles. The van der Waals surface area contributed by atoms with Crippen LogP contribution >= 0.6 is 0 Å². The minimum Gasteiger partial charge on any atom is -0.508 e. The average Bonchev–Trinajstić information content (AvgIpc) is 2.69. The zero-order valence-electron chi connectivity index (χ0n) is 16.2. The van der Waals surface area contributed by atoms with Crippen molar-refractivity contribution in [1.82, 2.24) is 4.98 Å². The Labute approximate surface area is 172 Å². The first-order valence-electron chi connectivity index (χ1n) is 9.45. The van der Waals surface area contributed by atoms with Crippen LogP contribution in [0.4, 0.5) is 5.69 Å². The lowest BCUT2D eigenvalue weighted by Gasteiger charge is -2.23. The van der Waals surface area contributed by atoms with Gasteiger partial charge in [-0.3, -0.25) is 9.35 Å². The fourth-order valence-electron chi connectivity index (χ4n) is 3.55. The van der Waals surface area contributed by atoms with Crippen molar-refractivity contribution in [2.45, 2.75) is 13.3 Å². The first-order valence-corrected chi connectivity index (χ1v) is 11.1. The fourth-order valence-corrected chi connectivity index (χ4v) is 4.05. The molecule has 0 atom stereocenters. The van der Waals surface area contributed by atoms with E-state index in [1.165, 1.54) is 18.2 Å². The maximum Gasteiger partial charge on any atom is 0.264 e. The molecule has 2 aliphatic rings. The first kappa shape index (κ1) is 20.1. The van der Waals surface area contributed by atoms with Gasteiger partial charge in [-0.1, -0.05) is 0 Å². The van der Waals surface area contributed by atoms with Crippen LogP contribution in [0.2, 0.25) is 0 Å². The molecule has 1 aliphatic heterocycles. The number of rotatable bonds is 6. The highest BCUT2D eigenvalue weighted by Crippen LogP contribution is 2.32. The molecule has 0 aromatic heterocycles. The van der Waals surface area contributed by atoms with Gasteiger partial charge in [-0.15, -0.1) is 0 Å². The summed E-state index contributed by atoms with van der Waals surface area (Å²) in [6, 6.07) is 11.4. The molecule has 0 bridgehead atoms. The molecule has 30 heavy (non-hydrogen) atoms. The van der Waals surface area contributed by atoms with Crippen LogP contribution < -0.4 is 10.3 Å². The average molecular weight is 428 g/mol. The molecule has 1 heterocycles. The van der Waals surface area contributed by atoms with Gasteiger partial charge in [0.1, 0.15) is 17.0 Å². The molecule has 0 unspecified atom stereocenters. The summed E-state index contributed by atoms with van der Waals surface area (Å²) in [6.07, 6.45) is 0.288. The van der Waals surface area contributed by atoms with E-state index in [0.717, 1.165) is 5.69 Å². The van der Waals surface area contributed by atoms with Gasteiger partial charge in [0.2, 0.25) is 0 Å². The molecule has 156 valence electrons. The summed E-state index contributed by atoms with van der Waals surface area (Å²) in [4.78, 5) is 19.0. The molecule has 9 heteroatoms. The Morgan fingerprint density at radius 2 is 1.90 bits per heavy atom. The molecule has 0 radical (unpaired) electrons. The third-order valence-electron chi connectivity index (χ3n) is 4.99. The maximum atomic E-state index is 12.4. The second kappa shape index (κ2) is 7.58. The number of aromatic nitrogens is 1. The van der Waals surface area contributed by atoms with Gasteiger partial charge in [0.05, 0.1) is 5.75 Å². The second-order valence-corrected chi connectivity index (χ2v) is 8.61. The number of fused-ring (bicyclic) bond motifs is 4. The van der Waals surface area contributed by atoms with Crippen molar-refractivity contribution in [3.8, 4) is 17.2 Å². The lowest BCUT2D eigenvalue weighted by atomic mass is 10.0. The number of hydrogen-bond acceptors (Lipinski definition) is 7. The van der Waals surface area contributed by atoms with Crippen molar-refractivity contribution in [3.05, 3.63) is 52.7 Å². The lowest BCUT2D eigenvalue weighted by molar-refractivity contribution is 0.476. The monoisotopic (exact) mass is 428 g/mol. The number of aromatic hydroxyl groups is 1. The highest BCUT2D eigenvalue weighted by atomic mass is 32.2. The number of phenols is 1. The van der Waals surface area contributed by atoms with Crippen LogP contribution in [0.5, 0.6) is 5.75 Å². The number of hydrogen-bond donors (Lipinski definition) is 2. The summed E-state index contributed by atoms with van der Waals surface area (Å²) in [5, 5.41) is 10.7. The van der Waals surface area contributed by atoms with Gasteiger partial charge in [0, 0.05) is 41.7 Å². The third-order valence-corrected chi connectivity index (χ3v) is 5.80. The smallest absolute Gasteiger partial charge is 0.264 e. The van der Waals surface area contributed by atoms with Crippen molar-refractivity contribution >= 4 is 37.7 Å². The van der Waals surface area contributed by atoms with Gasteiger partial charge < -0.3 is 14.4 Å². The molecule has 4 rings (SSSR count). The van der Waals surface area contributed by atoms with Gasteiger partial charge in [-0.2, -0.15) is 8.42 Å². The van der Waals surface area contributed by atoms with Gasteiger partial charge in [-0.25, -0.2) is 4.98 Å². The van der Waals surface area contributed by atoms with Gasteiger partial charge in [0.15, 0.2) is 16.8 Å². The molecule has 2 aromatic rings. The summed E-state index contributed by atoms with van der Waals surface area (Å²) < 4.78 is 36.8. The van der Waals surface area contributed by atoms with Gasteiger partial charge in [0.25, 0.3) is 10.1 Å². The minimum atomic E-state index is -3.99. The largest absolute Gasteiger partial charge is 0.508 e. The van der Waals surface area contributed by atoms with Crippen LogP contribution in [-0.4, -0.2) is 41.9 Å². The van der Waals surface area contributed by atoms with E-state index >= 15 is 0 Å². The summed E-state index contributed by atoms with van der Waals surface area (Å²) in [5.41, 5.74) is 2.18. The van der Waals surface area contributed by atoms with Crippen LogP contribution in [0, 0.1) is 0 Å². The Balaban J connectivity index is 1.77. The first-order chi connectivity index (χ1) is 14.2. The van der Waals surface area contributed by atoms with E-state index < -0.39 is 10.1 Å². The predicted molar refractivity (Wildman–Crippen MR) is 115 cm³/mol. The van der Waals surface area contributed by atoms with Gasteiger partial charge in [-0.05, 0) is 43.7 Å². The molecule has 0 fully saturated rings. The van der Waals surface area contributed by atoms with Crippen molar-refractivity contribution in [2.24, 2.45) is 0 Å². The van der Waals surface area contributed by atoms with Crippen molar-refractivity contribution in [2.75, 3.05) is 23.7 Å². The Morgan fingerprint density at radius 3 is 2.63 bits per heavy atom. The lowest BCUT2D eigenvalue weighted by Crippen LogP contribution is -2.25. The number of phenolic OH excluding ortho intramolecular Hbond substituents is 1. The third kappa shape index (κ3) is 3.94. The van der Waals surface area contributed by atoms with E-state index in [1.54, 1.807) is 18.2 Å². The van der Waals surface area contributed by atoms with Crippen molar-refractivity contribution in [1.29, 1.82) is 0 Å². The van der Waals surface area contributed by atoms with E-state index in [-0.39, 0.29) is 23.4 Å². The fraction of sp³-hybridized carbons (Fsp3) is 0.238. The minimum absolute atomic E-state index is 0.00924. The molecule has 2 aromatic carbocycles. The van der Waals surface area contributed by atoms with E-state index in [2.05, 4.69) is 4.98 Å². The molecule has 0 saturated carbocycles. The quantitative estimate of drug-likeness (QED) is 0.273. The molecular weight excluding hydrogens is 408 g/mol. The number of anilines is 1. The summed E-state index contributed by atoms with van der Waals surface area (Å²) >= 11 is 0. The predicted octanol–water partition coefficient (Wildman–Crippen LogP) is 3.26. The maximum absolute atomic E-state index is 12.4. The summed E-state index contributed by atoms with van der Waals surface area (Å²) in [7, 11) is -3.99. The van der Waals surface area contributed by atoms with E-state index in [9.17, 15) is 18.3 Å². The SMILES string of the molecule is CCN(CCCS(=O)(=O)O)c1ccc2nc3c4ccc(O)cc4c(=O)cc-3oc2c1. The normalized spacial score (nSPS) is 12.1. The Hall–Kier alpha value is -3.17. The van der Waals surface area contributed by atoms with Gasteiger partial charge >= 0.3 is 0 Å². The van der Waals surface area contributed by atoms with Crippen molar-refractivity contribution < 1.29 is 22.5 Å². The topological polar surface area (TPSA) is 121 Å². The van der Waals surface area contributed by atoms with Crippen LogP contribution in [0.1, 0.15) is 13.3 Å². The Morgan fingerprint density at radius 1 is 1.10 bits per heavy atom. The number of benzene rings is 3. The molecular formula is C21H20N2O6S. The van der Waals surface area contributed by atoms with E-state index in [1.807, 2.05) is 17.9 Å². The summed E-state index contributed by atoms with van der Waals surface area (Å²) in [5.74, 6) is 0.0509. The van der Waals surface area contributed by atoms with Crippen molar-refractivity contribution in [3.63, 3.8) is 0 Å². The Bertz CT molecular complexity index is 1380. The highest BCUT2D eigenvalue weighted by molar-refractivity contribution is 7.85. The summed E-state index contributed by atoms with van der Waals surface area (Å²) in [6.45, 7) is 3.02. The van der Waals surface area contributed by atoms with Crippen LogP contribution in [0.25, 0.3) is 33.3 Å². The zero-order chi connectivity index (χ0) is 21.5. The molecule has 0 amide bonds. The second-order valence-electron chi connectivity index (χ2n) is 7.04.